The minimum absolute atomic E-state index is 0.245. The van der Waals surface area contributed by atoms with Crippen LogP contribution in [-0.4, -0.2) is 42.9 Å². The van der Waals surface area contributed by atoms with Crippen molar-refractivity contribution in [3.8, 4) is 0 Å². The molecule has 1 unspecified atom stereocenters. The van der Waals surface area contributed by atoms with Gasteiger partial charge in [-0.05, 0) is 18.6 Å². The lowest BCUT2D eigenvalue weighted by Gasteiger charge is -2.32. The molecule has 1 atom stereocenters. The summed E-state index contributed by atoms with van der Waals surface area (Å²) in [5.74, 6) is 0. The smallest absolute Gasteiger partial charge is 0.223 e. The molecule has 0 saturated carbocycles. The average Bonchev–Trinajstić information content (AvgIpc) is 1.93. The van der Waals surface area contributed by atoms with Crippen LogP contribution in [0.1, 0.15) is 6.42 Å². The van der Waals surface area contributed by atoms with Gasteiger partial charge in [0.15, 0.2) is 0 Å². The molecule has 0 aromatic carbocycles. The fourth-order valence-corrected chi connectivity index (χ4v) is 1.45. The van der Waals surface area contributed by atoms with E-state index in [0.717, 1.165) is 19.6 Å². The molecule has 1 saturated heterocycles. The third-order valence-electron chi connectivity index (χ3n) is 2.04. The quantitative estimate of drug-likeness (QED) is 0.604. The largest absolute Gasteiger partial charge is 0.314 e. The molecule has 64 valence electrons. The summed E-state index contributed by atoms with van der Waals surface area (Å²) in [7, 11) is 2.02. The van der Waals surface area contributed by atoms with Crippen molar-refractivity contribution in [2.24, 2.45) is 0 Å². The number of piperazine rings is 1. The molecule has 1 rings (SSSR count). The van der Waals surface area contributed by atoms with E-state index >= 15 is 0 Å². The predicted octanol–water partition coefficient (Wildman–Crippen LogP) is 0.0455. The van der Waals surface area contributed by atoms with Gasteiger partial charge >= 0.3 is 0 Å². The van der Waals surface area contributed by atoms with Crippen LogP contribution in [0.2, 0.25) is 0 Å². The molecule has 4 heteroatoms. The topological polar surface area (TPSA) is 32.3 Å². The van der Waals surface area contributed by atoms with E-state index in [9.17, 15) is 4.79 Å². The molecule has 1 N–H and O–H groups in total. The molecule has 3 nitrogen and oxygen atoms in total. The molecule has 0 bridgehead atoms. The third kappa shape index (κ3) is 2.77. The highest BCUT2D eigenvalue weighted by Gasteiger charge is 2.19. The van der Waals surface area contributed by atoms with Gasteiger partial charge in [0.25, 0.3) is 0 Å². The SMILES string of the molecule is CN1CCNCC1CC(=O)Cl. The van der Waals surface area contributed by atoms with E-state index in [0.29, 0.717) is 6.42 Å². The number of hydrogen-bond donors (Lipinski definition) is 1. The number of rotatable bonds is 2. The van der Waals surface area contributed by atoms with E-state index in [4.69, 9.17) is 11.6 Å². The molecule has 0 amide bonds. The van der Waals surface area contributed by atoms with Crippen molar-refractivity contribution in [3.05, 3.63) is 0 Å². The number of carbonyl (C=O) groups excluding carboxylic acids is 1. The summed E-state index contributed by atoms with van der Waals surface area (Å²) in [4.78, 5) is 12.7. The zero-order chi connectivity index (χ0) is 8.27. The molecule has 1 aliphatic heterocycles. The maximum absolute atomic E-state index is 10.6. The highest BCUT2D eigenvalue weighted by molar-refractivity contribution is 6.63. The minimum atomic E-state index is -0.245. The third-order valence-corrected chi connectivity index (χ3v) is 2.20. The zero-order valence-electron chi connectivity index (χ0n) is 6.64. The Bertz CT molecular complexity index is 151. The predicted molar refractivity (Wildman–Crippen MR) is 44.8 cm³/mol. The summed E-state index contributed by atoms with van der Waals surface area (Å²) in [5.41, 5.74) is 0. The molecule has 0 aliphatic carbocycles. The van der Waals surface area contributed by atoms with Gasteiger partial charge in [-0.15, -0.1) is 0 Å². The number of nitrogens with one attached hydrogen (secondary N) is 1. The molecule has 11 heavy (non-hydrogen) atoms. The Morgan fingerprint density at radius 2 is 2.55 bits per heavy atom. The Labute approximate surface area is 71.7 Å². The van der Waals surface area contributed by atoms with Crippen molar-refractivity contribution in [2.75, 3.05) is 26.7 Å². The summed E-state index contributed by atoms with van der Waals surface area (Å²) >= 11 is 5.28. The van der Waals surface area contributed by atoms with Crippen LogP contribution in [0.15, 0.2) is 0 Å². The van der Waals surface area contributed by atoms with Crippen LogP contribution in [0.3, 0.4) is 0 Å². The average molecular weight is 177 g/mol. The Morgan fingerprint density at radius 3 is 3.09 bits per heavy atom. The van der Waals surface area contributed by atoms with E-state index in [2.05, 4.69) is 10.2 Å². The summed E-state index contributed by atoms with van der Waals surface area (Å²) < 4.78 is 0. The monoisotopic (exact) mass is 176 g/mol. The van der Waals surface area contributed by atoms with E-state index < -0.39 is 0 Å². The highest BCUT2D eigenvalue weighted by Crippen LogP contribution is 2.05. The van der Waals surface area contributed by atoms with E-state index in [1.807, 2.05) is 7.05 Å². The standard InChI is InChI=1S/C7H13ClN2O/c1-10-3-2-9-5-6(10)4-7(8)11/h6,9H,2-5H2,1H3. The van der Waals surface area contributed by atoms with E-state index in [1.54, 1.807) is 0 Å². The van der Waals surface area contributed by atoms with Crippen molar-refractivity contribution in [1.29, 1.82) is 0 Å². The molecular formula is C7H13ClN2O. The second-order valence-electron chi connectivity index (χ2n) is 2.90. The van der Waals surface area contributed by atoms with E-state index in [-0.39, 0.29) is 11.3 Å². The van der Waals surface area contributed by atoms with Gasteiger partial charge in [0.1, 0.15) is 0 Å². The molecule has 0 radical (unpaired) electrons. The van der Waals surface area contributed by atoms with Gasteiger partial charge in [0.2, 0.25) is 5.24 Å². The number of hydrogen-bond acceptors (Lipinski definition) is 3. The van der Waals surface area contributed by atoms with Crippen LogP contribution in [0.5, 0.6) is 0 Å². The Hall–Kier alpha value is -0.120. The van der Waals surface area contributed by atoms with Crippen LogP contribution in [0.25, 0.3) is 0 Å². The molecule has 1 heterocycles. The molecule has 0 aromatic heterocycles. The maximum Gasteiger partial charge on any atom is 0.223 e. The van der Waals surface area contributed by atoms with Crippen LogP contribution in [0.4, 0.5) is 0 Å². The van der Waals surface area contributed by atoms with Gasteiger partial charge in [-0.25, -0.2) is 0 Å². The van der Waals surface area contributed by atoms with Gasteiger partial charge in [-0.1, -0.05) is 0 Å². The van der Waals surface area contributed by atoms with Crippen LogP contribution >= 0.6 is 11.6 Å². The van der Waals surface area contributed by atoms with Crippen LogP contribution < -0.4 is 5.32 Å². The zero-order valence-corrected chi connectivity index (χ0v) is 7.40. The first-order chi connectivity index (χ1) is 5.20. The minimum Gasteiger partial charge on any atom is -0.314 e. The van der Waals surface area contributed by atoms with Crippen LogP contribution in [-0.2, 0) is 4.79 Å². The number of nitrogens with zero attached hydrogens (tertiary/aromatic N) is 1. The second kappa shape index (κ2) is 4.04. The summed E-state index contributed by atoms with van der Waals surface area (Å²) in [6.45, 7) is 2.87. The molecule has 1 aliphatic rings. The number of carbonyl (C=O) groups is 1. The van der Waals surface area contributed by atoms with Crippen molar-refractivity contribution in [2.45, 2.75) is 12.5 Å². The van der Waals surface area contributed by atoms with Gasteiger partial charge in [-0.3, -0.25) is 4.79 Å². The summed E-state index contributed by atoms with van der Waals surface area (Å²) in [6, 6.07) is 0.286. The number of likely N-dealkylation sites (N-methyl/N-ethyl adjacent to an activating group) is 1. The second-order valence-corrected chi connectivity index (χ2v) is 3.32. The van der Waals surface area contributed by atoms with Crippen molar-refractivity contribution in [3.63, 3.8) is 0 Å². The highest BCUT2D eigenvalue weighted by atomic mass is 35.5. The van der Waals surface area contributed by atoms with Gasteiger partial charge in [0.05, 0.1) is 0 Å². The van der Waals surface area contributed by atoms with Crippen LogP contribution in [0, 0.1) is 0 Å². The normalized spacial score (nSPS) is 26.9. The lowest BCUT2D eigenvalue weighted by atomic mass is 10.1. The first-order valence-corrected chi connectivity index (χ1v) is 4.17. The number of halogens is 1. The Morgan fingerprint density at radius 1 is 1.82 bits per heavy atom. The van der Waals surface area contributed by atoms with Gasteiger partial charge < -0.3 is 10.2 Å². The fraction of sp³-hybridized carbons (Fsp3) is 0.857. The molecule has 0 spiro atoms. The lowest BCUT2D eigenvalue weighted by molar-refractivity contribution is -0.112. The first-order valence-electron chi connectivity index (χ1n) is 3.79. The van der Waals surface area contributed by atoms with Gasteiger partial charge in [0, 0.05) is 32.1 Å². The fourth-order valence-electron chi connectivity index (χ4n) is 1.28. The molecular weight excluding hydrogens is 164 g/mol. The molecule has 1 fully saturated rings. The summed E-state index contributed by atoms with van der Waals surface area (Å²) in [6.07, 6.45) is 0.449. The Balaban J connectivity index is 2.35. The maximum atomic E-state index is 10.6. The van der Waals surface area contributed by atoms with Gasteiger partial charge in [-0.2, -0.15) is 0 Å². The first kappa shape index (κ1) is 8.97. The van der Waals surface area contributed by atoms with Crippen molar-refractivity contribution in [1.82, 2.24) is 10.2 Å². The lowest BCUT2D eigenvalue weighted by Crippen LogP contribution is -2.49. The summed E-state index contributed by atoms with van der Waals surface area (Å²) in [5, 5.41) is 2.97. The Kier molecular flexibility index (Phi) is 3.30. The molecule has 0 aromatic rings. The van der Waals surface area contributed by atoms with Crippen molar-refractivity contribution < 1.29 is 4.79 Å². The van der Waals surface area contributed by atoms with Crippen molar-refractivity contribution >= 4 is 16.8 Å². The van der Waals surface area contributed by atoms with E-state index in [1.165, 1.54) is 0 Å².